The average Bonchev–Trinajstić information content (AvgIpc) is 2.18. The molecule has 1 aliphatic rings. The van der Waals surface area contributed by atoms with E-state index >= 15 is 0 Å². The van der Waals surface area contributed by atoms with Crippen LogP contribution in [0.25, 0.3) is 0 Å². The Hall–Kier alpha value is -0.0400. The fourth-order valence-corrected chi connectivity index (χ4v) is 2.60. The van der Waals surface area contributed by atoms with Crippen molar-refractivity contribution in [3.05, 3.63) is 0 Å². The van der Waals surface area contributed by atoms with E-state index in [-0.39, 0.29) is 0 Å². The van der Waals surface area contributed by atoms with E-state index in [2.05, 4.69) is 33.0 Å². The van der Waals surface area contributed by atoms with E-state index < -0.39 is 0 Å². The van der Waals surface area contributed by atoms with Crippen LogP contribution in [0.3, 0.4) is 0 Å². The van der Waals surface area contributed by atoms with Crippen LogP contribution in [-0.4, -0.2) is 12.1 Å². The van der Waals surface area contributed by atoms with Crippen LogP contribution in [0.1, 0.15) is 66.2 Å². The molecule has 1 aliphatic carbocycles. The van der Waals surface area contributed by atoms with Gasteiger partial charge in [-0.2, -0.15) is 0 Å². The summed E-state index contributed by atoms with van der Waals surface area (Å²) in [6.45, 7) is 9.39. The van der Waals surface area contributed by atoms with Crippen molar-refractivity contribution in [2.45, 2.75) is 78.3 Å². The van der Waals surface area contributed by atoms with Gasteiger partial charge in [0.2, 0.25) is 0 Å². The van der Waals surface area contributed by atoms with Gasteiger partial charge in [0.25, 0.3) is 0 Å². The van der Waals surface area contributed by atoms with Crippen LogP contribution in [0.4, 0.5) is 0 Å². The molecule has 0 radical (unpaired) electrons. The molecule has 0 bridgehead atoms. The highest BCUT2D eigenvalue weighted by Gasteiger charge is 2.22. The minimum atomic E-state index is 0.706. The molecule has 90 valence electrons. The summed E-state index contributed by atoms with van der Waals surface area (Å²) in [5.41, 5.74) is 0. The standard InChI is InChI=1S/C14H29N/c1-11(2)9-10-13(4)15-14-8-6-5-7-12(14)3/h11-15H,5-10H2,1-4H3. The fraction of sp³-hybridized carbons (Fsp3) is 1.00. The maximum atomic E-state index is 3.82. The molecular weight excluding hydrogens is 182 g/mol. The number of hydrogen-bond donors (Lipinski definition) is 1. The van der Waals surface area contributed by atoms with E-state index in [0.29, 0.717) is 6.04 Å². The molecule has 15 heavy (non-hydrogen) atoms. The minimum absolute atomic E-state index is 0.706. The predicted molar refractivity (Wildman–Crippen MR) is 68.1 cm³/mol. The zero-order valence-corrected chi connectivity index (χ0v) is 11.1. The fourth-order valence-electron chi connectivity index (χ4n) is 2.60. The van der Waals surface area contributed by atoms with Crippen LogP contribution < -0.4 is 5.32 Å². The van der Waals surface area contributed by atoms with Gasteiger partial charge >= 0.3 is 0 Å². The lowest BCUT2D eigenvalue weighted by Gasteiger charge is -2.32. The van der Waals surface area contributed by atoms with E-state index in [1.165, 1.54) is 38.5 Å². The molecule has 0 aromatic rings. The Morgan fingerprint density at radius 1 is 1.07 bits per heavy atom. The molecule has 0 heterocycles. The summed E-state index contributed by atoms with van der Waals surface area (Å²) in [5, 5.41) is 3.82. The molecule has 0 aromatic heterocycles. The van der Waals surface area contributed by atoms with E-state index in [0.717, 1.165) is 17.9 Å². The number of hydrogen-bond acceptors (Lipinski definition) is 1. The maximum absolute atomic E-state index is 3.82. The van der Waals surface area contributed by atoms with Gasteiger partial charge < -0.3 is 5.32 Å². The topological polar surface area (TPSA) is 12.0 Å². The summed E-state index contributed by atoms with van der Waals surface area (Å²) >= 11 is 0. The van der Waals surface area contributed by atoms with Gasteiger partial charge in [-0.15, -0.1) is 0 Å². The van der Waals surface area contributed by atoms with Crippen molar-refractivity contribution in [1.29, 1.82) is 0 Å². The Morgan fingerprint density at radius 3 is 2.33 bits per heavy atom. The van der Waals surface area contributed by atoms with E-state index in [9.17, 15) is 0 Å². The van der Waals surface area contributed by atoms with Gasteiger partial charge in [-0.3, -0.25) is 0 Å². The molecule has 0 aromatic carbocycles. The first-order chi connectivity index (χ1) is 7.09. The van der Waals surface area contributed by atoms with Crippen LogP contribution in [-0.2, 0) is 0 Å². The largest absolute Gasteiger partial charge is 0.311 e. The molecule has 0 aliphatic heterocycles. The normalized spacial score (nSPS) is 29.4. The third-order valence-electron chi connectivity index (χ3n) is 3.79. The third kappa shape index (κ3) is 5.01. The number of rotatable bonds is 5. The van der Waals surface area contributed by atoms with Gasteiger partial charge in [-0.1, -0.05) is 33.6 Å². The van der Waals surface area contributed by atoms with Gasteiger partial charge in [-0.05, 0) is 44.4 Å². The molecule has 3 atom stereocenters. The highest BCUT2D eigenvalue weighted by Crippen LogP contribution is 2.24. The van der Waals surface area contributed by atoms with Crippen molar-refractivity contribution in [1.82, 2.24) is 5.32 Å². The van der Waals surface area contributed by atoms with Crippen LogP contribution in [0, 0.1) is 11.8 Å². The van der Waals surface area contributed by atoms with Crippen molar-refractivity contribution < 1.29 is 0 Å². The first-order valence-electron chi connectivity index (χ1n) is 6.85. The Labute approximate surface area is 96.0 Å². The average molecular weight is 211 g/mol. The second-order valence-corrected chi connectivity index (χ2v) is 5.91. The first-order valence-corrected chi connectivity index (χ1v) is 6.85. The van der Waals surface area contributed by atoms with E-state index in [1.54, 1.807) is 0 Å². The zero-order valence-electron chi connectivity index (χ0n) is 11.1. The molecule has 1 fully saturated rings. The minimum Gasteiger partial charge on any atom is -0.311 e. The SMILES string of the molecule is CC(C)CCC(C)NC1CCCCC1C. The smallest absolute Gasteiger partial charge is 0.00951 e. The Kier molecular flexibility index (Phi) is 5.66. The van der Waals surface area contributed by atoms with Crippen LogP contribution in [0.5, 0.6) is 0 Å². The van der Waals surface area contributed by atoms with Crippen molar-refractivity contribution in [2.24, 2.45) is 11.8 Å². The van der Waals surface area contributed by atoms with Crippen LogP contribution >= 0.6 is 0 Å². The highest BCUT2D eigenvalue weighted by molar-refractivity contribution is 4.80. The highest BCUT2D eigenvalue weighted by atomic mass is 14.9. The summed E-state index contributed by atoms with van der Waals surface area (Å²) in [6.07, 6.45) is 8.39. The Morgan fingerprint density at radius 2 is 1.73 bits per heavy atom. The zero-order chi connectivity index (χ0) is 11.3. The first kappa shape index (κ1) is 13.0. The van der Waals surface area contributed by atoms with Crippen LogP contribution in [0.15, 0.2) is 0 Å². The second kappa shape index (κ2) is 6.52. The van der Waals surface area contributed by atoms with E-state index in [1.807, 2.05) is 0 Å². The molecule has 1 saturated carbocycles. The van der Waals surface area contributed by atoms with Crippen molar-refractivity contribution in [2.75, 3.05) is 0 Å². The van der Waals surface area contributed by atoms with Crippen molar-refractivity contribution in [3.63, 3.8) is 0 Å². The second-order valence-electron chi connectivity index (χ2n) is 5.91. The summed E-state index contributed by atoms with van der Waals surface area (Å²) in [6, 6.07) is 1.50. The molecule has 1 heteroatoms. The van der Waals surface area contributed by atoms with E-state index in [4.69, 9.17) is 0 Å². The molecule has 0 spiro atoms. The summed E-state index contributed by atoms with van der Waals surface area (Å²) in [7, 11) is 0. The quantitative estimate of drug-likeness (QED) is 0.725. The lowest BCUT2D eigenvalue weighted by molar-refractivity contribution is 0.255. The Bertz CT molecular complexity index is 165. The van der Waals surface area contributed by atoms with Gasteiger partial charge in [0.1, 0.15) is 0 Å². The lowest BCUT2D eigenvalue weighted by atomic mass is 9.85. The molecule has 0 saturated heterocycles. The van der Waals surface area contributed by atoms with Crippen molar-refractivity contribution in [3.8, 4) is 0 Å². The van der Waals surface area contributed by atoms with Crippen LogP contribution in [0.2, 0.25) is 0 Å². The van der Waals surface area contributed by atoms with Crippen molar-refractivity contribution >= 4 is 0 Å². The van der Waals surface area contributed by atoms with Gasteiger partial charge in [0.15, 0.2) is 0 Å². The Balaban J connectivity index is 2.20. The molecule has 1 N–H and O–H groups in total. The predicted octanol–water partition coefficient (Wildman–Crippen LogP) is 3.98. The maximum Gasteiger partial charge on any atom is 0.00951 e. The third-order valence-corrected chi connectivity index (χ3v) is 3.79. The summed E-state index contributed by atoms with van der Waals surface area (Å²) in [5.74, 6) is 1.73. The molecule has 1 rings (SSSR count). The van der Waals surface area contributed by atoms with Gasteiger partial charge in [-0.25, -0.2) is 0 Å². The molecule has 3 unspecified atom stereocenters. The molecular formula is C14H29N. The number of nitrogens with one attached hydrogen (secondary N) is 1. The monoisotopic (exact) mass is 211 g/mol. The summed E-state index contributed by atoms with van der Waals surface area (Å²) < 4.78 is 0. The molecule has 1 nitrogen and oxygen atoms in total. The summed E-state index contributed by atoms with van der Waals surface area (Å²) in [4.78, 5) is 0. The van der Waals surface area contributed by atoms with Gasteiger partial charge in [0.05, 0.1) is 0 Å². The lowest BCUT2D eigenvalue weighted by Crippen LogP contribution is -2.42. The molecule has 0 amide bonds. The van der Waals surface area contributed by atoms with Gasteiger partial charge in [0, 0.05) is 12.1 Å².